The summed E-state index contributed by atoms with van der Waals surface area (Å²) >= 11 is 0. The second-order valence-electron chi connectivity index (χ2n) is 11.4. The molecule has 0 N–H and O–H groups in total. The number of unbranched alkanes of at least 4 members (excludes halogenated alkanes) is 1. The smallest absolute Gasteiger partial charge is 0.416 e. The molecule has 0 fully saturated rings. The highest BCUT2D eigenvalue weighted by molar-refractivity contribution is 5.68. The van der Waals surface area contributed by atoms with Crippen LogP contribution in [0.2, 0.25) is 0 Å². The van der Waals surface area contributed by atoms with E-state index in [0.29, 0.717) is 30.7 Å². The number of halogens is 6. The molecule has 2 heterocycles. The van der Waals surface area contributed by atoms with E-state index >= 15 is 0 Å². The van der Waals surface area contributed by atoms with Crippen molar-refractivity contribution in [1.82, 2.24) is 15.0 Å². The fraction of sp³-hybridized carbons (Fsp3) is 0.353. The molecule has 0 saturated heterocycles. The van der Waals surface area contributed by atoms with E-state index < -0.39 is 23.5 Å². The molecule has 2 aromatic carbocycles. The molecule has 12 heteroatoms. The number of ether oxygens (including phenoxy) is 1. The lowest BCUT2D eigenvalue weighted by Crippen LogP contribution is -2.25. The molecule has 0 radical (unpaired) electrons. The largest absolute Gasteiger partial charge is 0.490 e. The van der Waals surface area contributed by atoms with E-state index in [1.54, 1.807) is 0 Å². The Hall–Kier alpha value is -4.48. The van der Waals surface area contributed by atoms with Gasteiger partial charge in [-0.2, -0.15) is 26.3 Å². The summed E-state index contributed by atoms with van der Waals surface area (Å²) in [5.74, 6) is 0.521. The van der Waals surface area contributed by atoms with E-state index in [4.69, 9.17) is 9.72 Å². The van der Waals surface area contributed by atoms with Gasteiger partial charge in [-0.1, -0.05) is 37.6 Å². The first-order valence-corrected chi connectivity index (χ1v) is 14.6. The van der Waals surface area contributed by atoms with Crippen LogP contribution < -0.4 is 9.64 Å². The summed E-state index contributed by atoms with van der Waals surface area (Å²) in [4.78, 5) is 25.7. The van der Waals surface area contributed by atoms with E-state index in [2.05, 4.69) is 9.97 Å². The Morgan fingerprint density at radius 2 is 1.52 bits per heavy atom. The zero-order valence-electron chi connectivity index (χ0n) is 25.8. The minimum Gasteiger partial charge on any atom is -0.490 e. The molecule has 0 spiro atoms. The van der Waals surface area contributed by atoms with Crippen molar-refractivity contribution in [3.05, 3.63) is 100.0 Å². The van der Waals surface area contributed by atoms with Crippen molar-refractivity contribution >= 4 is 12.2 Å². The molecule has 0 saturated carbocycles. The summed E-state index contributed by atoms with van der Waals surface area (Å²) in [6.07, 6.45) is -5.67. The molecule has 0 aliphatic rings. The van der Waals surface area contributed by atoms with Crippen molar-refractivity contribution in [2.75, 3.05) is 11.5 Å². The zero-order valence-corrected chi connectivity index (χ0v) is 25.8. The van der Waals surface area contributed by atoms with E-state index in [-0.39, 0.29) is 43.2 Å². The lowest BCUT2D eigenvalue weighted by Gasteiger charge is -2.26. The minimum atomic E-state index is -4.99. The van der Waals surface area contributed by atoms with Gasteiger partial charge in [-0.15, -0.1) is 0 Å². The fourth-order valence-electron chi connectivity index (χ4n) is 4.82. The van der Waals surface area contributed by atoms with Gasteiger partial charge in [-0.05, 0) is 73.2 Å². The zero-order chi connectivity index (χ0) is 33.6. The second-order valence-corrected chi connectivity index (χ2v) is 11.4. The Kier molecular flexibility index (Phi) is 10.7. The summed E-state index contributed by atoms with van der Waals surface area (Å²) < 4.78 is 87.7. The van der Waals surface area contributed by atoms with Crippen LogP contribution >= 0.6 is 0 Å². The summed E-state index contributed by atoms with van der Waals surface area (Å²) in [7, 11) is 0. The number of aryl methyl sites for hydroxylation is 2. The van der Waals surface area contributed by atoms with Crippen LogP contribution in [-0.4, -0.2) is 27.8 Å². The highest BCUT2D eigenvalue weighted by Gasteiger charge is 2.37. The predicted molar refractivity (Wildman–Crippen MR) is 162 cm³/mol. The van der Waals surface area contributed by atoms with Crippen LogP contribution in [0.1, 0.15) is 71.7 Å². The Balaban J connectivity index is 1.80. The van der Waals surface area contributed by atoms with Gasteiger partial charge in [0.25, 0.3) is 0 Å². The third-order valence-corrected chi connectivity index (χ3v) is 7.25. The molecule has 244 valence electrons. The van der Waals surface area contributed by atoms with Gasteiger partial charge in [0.2, 0.25) is 5.95 Å². The van der Waals surface area contributed by atoms with Crippen LogP contribution in [0.4, 0.5) is 32.3 Å². The number of pyridine rings is 1. The lowest BCUT2D eigenvalue weighted by molar-refractivity contribution is -0.143. The number of rotatable bonds is 12. The molecule has 0 aliphatic heterocycles. The molecule has 6 nitrogen and oxygen atoms in total. The van der Waals surface area contributed by atoms with Gasteiger partial charge in [0, 0.05) is 30.8 Å². The molecule has 0 unspecified atom stereocenters. The summed E-state index contributed by atoms with van der Waals surface area (Å²) in [6, 6.07) is 11.1. The molecule has 0 bridgehead atoms. The monoisotopic (exact) mass is 644 g/mol. The summed E-state index contributed by atoms with van der Waals surface area (Å²) in [6.45, 7) is 7.82. The van der Waals surface area contributed by atoms with Crippen LogP contribution in [0.15, 0.2) is 60.9 Å². The van der Waals surface area contributed by atoms with Gasteiger partial charge in [-0.3, -0.25) is 4.98 Å². The van der Waals surface area contributed by atoms with Crippen LogP contribution in [-0.2, 0) is 30.2 Å². The number of anilines is 1. The minimum absolute atomic E-state index is 0.0414. The van der Waals surface area contributed by atoms with E-state index in [1.165, 1.54) is 17.3 Å². The average molecular weight is 645 g/mol. The first-order chi connectivity index (χ1) is 21.7. The molecular formula is C34H34F6N4O2. The molecule has 4 rings (SSSR count). The molecular weight excluding hydrogens is 610 g/mol. The van der Waals surface area contributed by atoms with Gasteiger partial charge in [0.15, 0.2) is 5.75 Å². The quantitative estimate of drug-likeness (QED) is 0.0872. The topological polar surface area (TPSA) is 68.2 Å². The molecule has 0 aliphatic carbocycles. The van der Waals surface area contributed by atoms with Crippen LogP contribution in [0.5, 0.6) is 5.75 Å². The third kappa shape index (κ3) is 8.82. The van der Waals surface area contributed by atoms with Crippen LogP contribution in [0.25, 0.3) is 11.3 Å². The van der Waals surface area contributed by atoms with Gasteiger partial charge in [-0.25, -0.2) is 9.97 Å². The maximum Gasteiger partial charge on any atom is 0.416 e. The van der Waals surface area contributed by atoms with Gasteiger partial charge in [0.05, 0.1) is 35.8 Å². The number of hydrogen-bond acceptors (Lipinski definition) is 6. The van der Waals surface area contributed by atoms with E-state index in [0.717, 1.165) is 39.9 Å². The van der Waals surface area contributed by atoms with Crippen molar-refractivity contribution in [3.63, 3.8) is 0 Å². The third-order valence-electron chi connectivity index (χ3n) is 7.25. The van der Waals surface area contributed by atoms with Crippen LogP contribution in [0.3, 0.4) is 0 Å². The Morgan fingerprint density at radius 1 is 0.870 bits per heavy atom. The number of benzene rings is 2. The van der Waals surface area contributed by atoms with E-state index in [9.17, 15) is 31.1 Å². The fourth-order valence-corrected chi connectivity index (χ4v) is 4.82. The molecule has 46 heavy (non-hydrogen) atoms. The summed E-state index contributed by atoms with van der Waals surface area (Å²) in [5.41, 5.74) is 1.93. The number of aldehydes is 1. The number of carbonyl (C=O) groups excluding carboxylic acids is 1. The van der Waals surface area contributed by atoms with Crippen molar-refractivity contribution in [2.45, 2.75) is 71.9 Å². The van der Waals surface area contributed by atoms with Crippen molar-refractivity contribution in [3.8, 4) is 17.0 Å². The van der Waals surface area contributed by atoms with Gasteiger partial charge in [0.1, 0.15) is 6.29 Å². The van der Waals surface area contributed by atoms with Crippen LogP contribution in [0, 0.1) is 13.8 Å². The Morgan fingerprint density at radius 3 is 2.11 bits per heavy atom. The maximum atomic E-state index is 13.7. The maximum absolute atomic E-state index is 13.7. The average Bonchev–Trinajstić information content (AvgIpc) is 2.99. The number of carbonyl (C=O) groups is 1. The van der Waals surface area contributed by atoms with Gasteiger partial charge >= 0.3 is 12.4 Å². The van der Waals surface area contributed by atoms with Crippen molar-refractivity contribution in [2.24, 2.45) is 0 Å². The lowest BCUT2D eigenvalue weighted by atomic mass is 9.96. The number of alkyl halides is 6. The van der Waals surface area contributed by atoms with E-state index in [1.807, 2.05) is 58.0 Å². The Labute approximate surface area is 263 Å². The summed E-state index contributed by atoms with van der Waals surface area (Å²) in [5, 5.41) is 0. The molecule has 0 amide bonds. The molecule has 0 atom stereocenters. The Bertz CT molecular complexity index is 1620. The van der Waals surface area contributed by atoms with Crippen molar-refractivity contribution in [1.29, 1.82) is 0 Å². The SMILES string of the molecule is Cc1ccc(CN(Cc2cc(C(F)(F)F)cc(C(F)(F)F)c2)c2ncc(OCCCC=O)cn2)c(-c2nc(C(C)C)ccc2C)c1. The number of nitrogens with zero attached hydrogens (tertiary/aromatic N) is 4. The molecule has 4 aromatic rings. The molecule has 2 aromatic heterocycles. The van der Waals surface area contributed by atoms with Crippen molar-refractivity contribution < 1.29 is 35.9 Å². The first kappa shape index (κ1) is 34.4. The normalized spacial score (nSPS) is 12.0. The highest BCUT2D eigenvalue weighted by atomic mass is 19.4. The number of aromatic nitrogens is 3. The standard InChI is InChI=1S/C34H34F6N4O2/c1-21(2)30-10-8-23(4)31(43-30)29-13-22(3)7-9-25(29)20-44(32-41-17-28(18-42-32)46-12-6-5-11-45)19-24-14-26(33(35,36)37)16-27(15-24)34(38,39)40/h7-11,13-18,21H,5-6,12,19-20H2,1-4H3. The first-order valence-electron chi connectivity index (χ1n) is 14.6. The second kappa shape index (κ2) is 14.3. The highest BCUT2D eigenvalue weighted by Crippen LogP contribution is 2.37. The van der Waals surface area contributed by atoms with Gasteiger partial charge < -0.3 is 14.4 Å². The number of hydrogen-bond donors (Lipinski definition) is 0. The predicted octanol–water partition coefficient (Wildman–Crippen LogP) is 8.88.